The predicted molar refractivity (Wildman–Crippen MR) is 66.0 cm³/mol. The van der Waals surface area contributed by atoms with E-state index in [1.807, 2.05) is 0 Å². The third-order valence-electron chi connectivity index (χ3n) is 2.37. The van der Waals surface area contributed by atoms with Gasteiger partial charge >= 0.3 is 0 Å². The maximum atomic E-state index is 12.9. The Labute approximate surface area is 109 Å². The highest BCUT2D eigenvalue weighted by molar-refractivity contribution is 5.87. The molecule has 2 amide bonds. The highest BCUT2D eigenvalue weighted by Crippen LogP contribution is 2.08. The molecule has 6 heteroatoms. The van der Waals surface area contributed by atoms with Crippen LogP contribution >= 0.6 is 0 Å². The molecular weight excluding hydrogens is 254 g/mol. The molecule has 0 bridgehead atoms. The molecule has 0 radical (unpaired) electrons. The molecule has 102 valence electrons. The Balaban J connectivity index is 2.68. The van der Waals surface area contributed by atoms with Gasteiger partial charge in [0.05, 0.1) is 6.42 Å². The van der Waals surface area contributed by atoms with E-state index in [-0.39, 0.29) is 18.4 Å². The number of rotatable bonds is 6. The summed E-state index contributed by atoms with van der Waals surface area (Å²) >= 11 is 0. The first-order chi connectivity index (χ1) is 8.92. The molecule has 0 fully saturated rings. The largest absolute Gasteiger partial charge is 0.368 e. The van der Waals surface area contributed by atoms with Crippen molar-refractivity contribution in [2.24, 2.45) is 5.73 Å². The zero-order valence-electron chi connectivity index (χ0n) is 10.2. The number of benzene rings is 1. The smallest absolute Gasteiger partial charge is 0.240 e. The monoisotopic (exact) mass is 268 g/mol. The van der Waals surface area contributed by atoms with Crippen LogP contribution in [-0.4, -0.2) is 17.9 Å². The molecule has 0 aliphatic carbocycles. The van der Waals surface area contributed by atoms with Crippen molar-refractivity contribution in [2.45, 2.75) is 18.9 Å². The van der Waals surface area contributed by atoms with E-state index in [1.54, 1.807) is 0 Å². The highest BCUT2D eigenvalue weighted by atomic mass is 19.1. The van der Waals surface area contributed by atoms with E-state index in [0.29, 0.717) is 6.07 Å². The quantitative estimate of drug-likeness (QED) is 0.757. The maximum Gasteiger partial charge on any atom is 0.240 e. The first kappa shape index (κ1) is 14.8. The molecule has 0 aromatic heterocycles. The fourth-order valence-electron chi connectivity index (χ4n) is 1.56. The molecule has 0 spiro atoms. The Bertz CT molecular complexity index is 483. The lowest BCUT2D eigenvalue weighted by Gasteiger charge is -2.13. The van der Waals surface area contributed by atoms with Crippen molar-refractivity contribution in [1.29, 1.82) is 0 Å². The van der Waals surface area contributed by atoms with Gasteiger partial charge in [0, 0.05) is 6.07 Å². The van der Waals surface area contributed by atoms with Crippen LogP contribution in [0, 0.1) is 11.6 Å². The molecular formula is C13H14F2N2O2. The summed E-state index contributed by atoms with van der Waals surface area (Å²) in [6, 6.07) is 1.94. The van der Waals surface area contributed by atoms with Crippen LogP contribution in [0.15, 0.2) is 30.9 Å². The molecule has 19 heavy (non-hydrogen) atoms. The van der Waals surface area contributed by atoms with Gasteiger partial charge in [0.25, 0.3) is 0 Å². The summed E-state index contributed by atoms with van der Waals surface area (Å²) in [7, 11) is 0. The minimum absolute atomic E-state index is 0.178. The molecule has 0 saturated carbocycles. The highest BCUT2D eigenvalue weighted by Gasteiger charge is 2.16. The molecule has 0 heterocycles. The standard InChI is InChI=1S/C13H14F2N2O2/c1-2-3-11(13(16)19)17-12(18)6-8-4-9(14)7-10(15)5-8/h2,4-5,7,11H,1,3,6H2,(H2,16,19)(H,17,18)/t11-/m0/s1. The van der Waals surface area contributed by atoms with Crippen molar-refractivity contribution < 1.29 is 18.4 Å². The van der Waals surface area contributed by atoms with E-state index in [2.05, 4.69) is 11.9 Å². The van der Waals surface area contributed by atoms with Crippen molar-refractivity contribution in [3.05, 3.63) is 48.1 Å². The van der Waals surface area contributed by atoms with Crippen LogP contribution in [-0.2, 0) is 16.0 Å². The molecule has 0 aliphatic rings. The number of nitrogens with one attached hydrogen (secondary N) is 1. The number of carbonyl (C=O) groups excluding carboxylic acids is 2. The SMILES string of the molecule is C=CC[C@H](NC(=O)Cc1cc(F)cc(F)c1)C(N)=O. The van der Waals surface area contributed by atoms with E-state index in [9.17, 15) is 18.4 Å². The summed E-state index contributed by atoms with van der Waals surface area (Å²) in [6.45, 7) is 3.44. The van der Waals surface area contributed by atoms with Crippen LogP contribution < -0.4 is 11.1 Å². The topological polar surface area (TPSA) is 72.2 Å². The van der Waals surface area contributed by atoms with Gasteiger partial charge in [0.1, 0.15) is 17.7 Å². The van der Waals surface area contributed by atoms with Gasteiger partial charge in [0.2, 0.25) is 11.8 Å². The van der Waals surface area contributed by atoms with Crippen LogP contribution in [0.5, 0.6) is 0 Å². The molecule has 1 aromatic carbocycles. The number of nitrogens with two attached hydrogens (primary N) is 1. The summed E-state index contributed by atoms with van der Waals surface area (Å²) < 4.78 is 25.9. The van der Waals surface area contributed by atoms with Gasteiger partial charge in [0.15, 0.2) is 0 Å². The second-order valence-corrected chi connectivity index (χ2v) is 4.00. The molecule has 0 unspecified atom stereocenters. The van der Waals surface area contributed by atoms with E-state index < -0.39 is 29.5 Å². The molecule has 0 aliphatic heterocycles. The third-order valence-corrected chi connectivity index (χ3v) is 2.37. The average molecular weight is 268 g/mol. The number of carbonyl (C=O) groups is 2. The van der Waals surface area contributed by atoms with Crippen molar-refractivity contribution in [2.75, 3.05) is 0 Å². The van der Waals surface area contributed by atoms with Crippen LogP contribution in [0.25, 0.3) is 0 Å². The number of hydrogen-bond acceptors (Lipinski definition) is 2. The third kappa shape index (κ3) is 4.87. The Kier molecular flexibility index (Phi) is 5.17. The number of primary amides is 1. The predicted octanol–water partition coefficient (Wildman–Crippen LogP) is 1.05. The lowest BCUT2D eigenvalue weighted by atomic mass is 10.1. The van der Waals surface area contributed by atoms with Crippen LogP contribution in [0.2, 0.25) is 0 Å². The summed E-state index contributed by atoms with van der Waals surface area (Å²) in [4.78, 5) is 22.7. The van der Waals surface area contributed by atoms with Gasteiger partial charge in [-0.15, -0.1) is 6.58 Å². The van der Waals surface area contributed by atoms with Gasteiger partial charge in [-0.25, -0.2) is 8.78 Å². The first-order valence-corrected chi connectivity index (χ1v) is 5.57. The number of halogens is 2. The minimum atomic E-state index is -0.872. The Hall–Kier alpha value is -2.24. The lowest BCUT2D eigenvalue weighted by Crippen LogP contribution is -2.44. The minimum Gasteiger partial charge on any atom is -0.368 e. The Morgan fingerprint density at radius 1 is 1.32 bits per heavy atom. The Morgan fingerprint density at radius 2 is 1.89 bits per heavy atom. The Morgan fingerprint density at radius 3 is 2.37 bits per heavy atom. The van der Waals surface area contributed by atoms with Crippen LogP contribution in [0.1, 0.15) is 12.0 Å². The second kappa shape index (κ2) is 6.63. The molecule has 0 saturated heterocycles. The van der Waals surface area contributed by atoms with E-state index in [1.165, 1.54) is 6.08 Å². The zero-order valence-corrected chi connectivity index (χ0v) is 10.2. The number of amides is 2. The lowest BCUT2D eigenvalue weighted by molar-refractivity contribution is -0.126. The van der Waals surface area contributed by atoms with Gasteiger partial charge < -0.3 is 11.1 Å². The van der Waals surface area contributed by atoms with Crippen LogP contribution in [0.4, 0.5) is 8.78 Å². The van der Waals surface area contributed by atoms with Gasteiger partial charge in [-0.05, 0) is 24.1 Å². The second-order valence-electron chi connectivity index (χ2n) is 4.00. The first-order valence-electron chi connectivity index (χ1n) is 5.57. The van der Waals surface area contributed by atoms with Crippen molar-refractivity contribution in [3.8, 4) is 0 Å². The van der Waals surface area contributed by atoms with Gasteiger partial charge in [-0.2, -0.15) is 0 Å². The normalized spacial score (nSPS) is 11.7. The van der Waals surface area contributed by atoms with E-state index >= 15 is 0 Å². The van der Waals surface area contributed by atoms with Crippen molar-refractivity contribution in [1.82, 2.24) is 5.32 Å². The maximum absolute atomic E-state index is 12.9. The van der Waals surface area contributed by atoms with Crippen molar-refractivity contribution >= 4 is 11.8 Å². The van der Waals surface area contributed by atoms with Gasteiger partial charge in [-0.3, -0.25) is 9.59 Å². The van der Waals surface area contributed by atoms with E-state index in [0.717, 1.165) is 12.1 Å². The summed E-state index contributed by atoms with van der Waals surface area (Å²) in [5.41, 5.74) is 5.27. The molecule has 1 atom stereocenters. The summed E-state index contributed by atoms with van der Waals surface area (Å²) in [5, 5.41) is 2.38. The average Bonchev–Trinajstić information content (AvgIpc) is 2.26. The molecule has 3 N–H and O–H groups in total. The van der Waals surface area contributed by atoms with Crippen molar-refractivity contribution in [3.63, 3.8) is 0 Å². The van der Waals surface area contributed by atoms with E-state index in [4.69, 9.17) is 5.73 Å². The summed E-state index contributed by atoms with van der Waals surface area (Å²) in [6.07, 6.45) is 1.39. The fourth-order valence-corrected chi connectivity index (χ4v) is 1.56. The number of hydrogen-bond donors (Lipinski definition) is 2. The molecule has 4 nitrogen and oxygen atoms in total. The fraction of sp³-hybridized carbons (Fsp3) is 0.231. The molecule has 1 aromatic rings. The zero-order chi connectivity index (χ0) is 14.4. The van der Waals surface area contributed by atoms with Crippen LogP contribution in [0.3, 0.4) is 0 Å². The molecule has 1 rings (SSSR count). The summed E-state index contributed by atoms with van der Waals surface area (Å²) in [5.74, 6) is -2.77. The van der Waals surface area contributed by atoms with Gasteiger partial charge in [-0.1, -0.05) is 6.08 Å².